The highest BCUT2D eigenvalue weighted by atomic mass is 32.1. The van der Waals surface area contributed by atoms with Gasteiger partial charge in [-0.15, -0.1) is 0 Å². The minimum absolute atomic E-state index is 0.233. The minimum atomic E-state index is -0.506. The number of hydrogen-bond acceptors (Lipinski definition) is 5. The molecule has 0 aromatic heterocycles. The largest absolute Gasteiger partial charge is 0.493 e. The van der Waals surface area contributed by atoms with Crippen molar-refractivity contribution in [2.75, 3.05) is 26.6 Å². The first kappa shape index (κ1) is 22.4. The Hall–Kier alpha value is -3.26. The fourth-order valence-electron chi connectivity index (χ4n) is 3.76. The van der Waals surface area contributed by atoms with E-state index in [1.807, 2.05) is 45.0 Å². The summed E-state index contributed by atoms with van der Waals surface area (Å²) in [6.45, 7) is 5.82. The lowest BCUT2D eigenvalue weighted by atomic mass is 9.94. The number of nitrogens with one attached hydrogen (secondary N) is 3. The van der Waals surface area contributed by atoms with Crippen LogP contribution in [0.25, 0.3) is 0 Å². The number of carbonyl (C=O) groups is 1. The summed E-state index contributed by atoms with van der Waals surface area (Å²) in [6.07, 6.45) is 0. The summed E-state index contributed by atoms with van der Waals surface area (Å²) >= 11 is 5.36. The quantitative estimate of drug-likeness (QED) is 0.589. The van der Waals surface area contributed by atoms with Gasteiger partial charge in [0.25, 0.3) is 5.91 Å². The molecule has 0 unspecified atom stereocenters. The van der Waals surface area contributed by atoms with Gasteiger partial charge in [0, 0.05) is 11.4 Å². The number of rotatable bonds is 6. The number of aryl methyl sites for hydroxylation is 2. The molecule has 3 N–H and O–H groups in total. The van der Waals surface area contributed by atoms with Gasteiger partial charge in [-0.25, -0.2) is 0 Å². The Morgan fingerprint density at radius 2 is 1.52 bits per heavy atom. The van der Waals surface area contributed by atoms with Crippen molar-refractivity contribution < 1.29 is 19.0 Å². The third-order valence-electron chi connectivity index (χ3n) is 5.01. The van der Waals surface area contributed by atoms with Crippen molar-refractivity contribution in [1.29, 1.82) is 0 Å². The molecule has 0 bridgehead atoms. The molecule has 2 aromatic carbocycles. The predicted octanol–water partition coefficient (Wildman–Crippen LogP) is 3.76. The molecule has 0 spiro atoms. The molecule has 31 heavy (non-hydrogen) atoms. The van der Waals surface area contributed by atoms with Crippen LogP contribution in [-0.4, -0.2) is 32.3 Å². The second kappa shape index (κ2) is 9.26. The van der Waals surface area contributed by atoms with Crippen LogP contribution in [0.5, 0.6) is 17.2 Å². The van der Waals surface area contributed by atoms with Crippen LogP contribution >= 0.6 is 12.2 Å². The number of thiocarbonyl (C=S) groups is 1. The Labute approximate surface area is 187 Å². The average Bonchev–Trinajstić information content (AvgIpc) is 2.70. The number of ether oxygens (including phenoxy) is 3. The second-order valence-electron chi connectivity index (χ2n) is 7.36. The maximum atomic E-state index is 13.3. The molecule has 0 radical (unpaired) electrons. The van der Waals surface area contributed by atoms with E-state index in [4.69, 9.17) is 26.4 Å². The number of methoxy groups -OCH3 is 3. The monoisotopic (exact) mass is 441 g/mol. The van der Waals surface area contributed by atoms with Crippen molar-refractivity contribution in [2.45, 2.75) is 26.8 Å². The molecule has 7 nitrogen and oxygen atoms in total. The first-order valence-electron chi connectivity index (χ1n) is 9.75. The van der Waals surface area contributed by atoms with E-state index in [9.17, 15) is 4.79 Å². The van der Waals surface area contributed by atoms with Crippen molar-refractivity contribution >= 4 is 28.9 Å². The van der Waals surface area contributed by atoms with E-state index in [0.717, 1.165) is 22.4 Å². The Morgan fingerprint density at radius 3 is 2.03 bits per heavy atom. The molecule has 0 aliphatic carbocycles. The van der Waals surface area contributed by atoms with E-state index in [1.165, 1.54) is 0 Å². The van der Waals surface area contributed by atoms with Gasteiger partial charge in [-0.1, -0.05) is 6.07 Å². The maximum Gasteiger partial charge on any atom is 0.255 e. The van der Waals surface area contributed by atoms with Crippen LogP contribution in [0, 0.1) is 13.8 Å². The molecule has 1 atom stereocenters. The molecular formula is C23H27N3O4S. The van der Waals surface area contributed by atoms with Gasteiger partial charge < -0.3 is 30.2 Å². The highest BCUT2D eigenvalue weighted by molar-refractivity contribution is 7.80. The van der Waals surface area contributed by atoms with Crippen LogP contribution in [-0.2, 0) is 4.79 Å². The van der Waals surface area contributed by atoms with Gasteiger partial charge in [-0.3, -0.25) is 4.79 Å². The highest BCUT2D eigenvalue weighted by Gasteiger charge is 2.31. The molecular weight excluding hydrogens is 414 g/mol. The number of allylic oxidation sites excluding steroid dienone is 1. The molecule has 1 aliphatic heterocycles. The summed E-state index contributed by atoms with van der Waals surface area (Å²) in [5.74, 6) is 1.24. The van der Waals surface area contributed by atoms with E-state index in [-0.39, 0.29) is 5.91 Å². The van der Waals surface area contributed by atoms with Crippen LogP contribution < -0.4 is 30.2 Å². The number of benzene rings is 2. The van der Waals surface area contributed by atoms with Crippen molar-refractivity contribution in [3.8, 4) is 17.2 Å². The van der Waals surface area contributed by atoms with Gasteiger partial charge in [-0.05, 0) is 73.9 Å². The SMILES string of the molecule is COc1cc([C@H]2NC(=S)NC(C)=C2C(=O)Nc2cc(C)cc(C)c2)cc(OC)c1OC. The van der Waals surface area contributed by atoms with E-state index >= 15 is 0 Å². The van der Waals surface area contributed by atoms with Crippen LogP contribution in [0.15, 0.2) is 41.6 Å². The number of carbonyl (C=O) groups excluding carboxylic acids is 1. The highest BCUT2D eigenvalue weighted by Crippen LogP contribution is 2.41. The van der Waals surface area contributed by atoms with Crippen LogP contribution in [0.3, 0.4) is 0 Å². The summed E-state index contributed by atoms with van der Waals surface area (Å²) in [5, 5.41) is 9.68. The summed E-state index contributed by atoms with van der Waals surface area (Å²) in [7, 11) is 4.65. The Bertz CT molecular complexity index is 1020. The molecule has 164 valence electrons. The number of hydrogen-bond donors (Lipinski definition) is 3. The second-order valence-corrected chi connectivity index (χ2v) is 7.77. The fraction of sp³-hybridized carbons (Fsp3) is 0.304. The van der Waals surface area contributed by atoms with Crippen molar-refractivity contribution in [3.63, 3.8) is 0 Å². The van der Waals surface area contributed by atoms with Crippen molar-refractivity contribution in [1.82, 2.24) is 10.6 Å². The summed E-state index contributed by atoms with van der Waals surface area (Å²) in [6, 6.07) is 9.04. The lowest BCUT2D eigenvalue weighted by molar-refractivity contribution is -0.113. The van der Waals surface area contributed by atoms with E-state index in [0.29, 0.717) is 33.6 Å². The molecule has 3 rings (SSSR count). The van der Waals surface area contributed by atoms with Crippen LogP contribution in [0.1, 0.15) is 29.7 Å². The molecule has 1 aliphatic rings. The van der Waals surface area contributed by atoms with Gasteiger partial charge in [0.05, 0.1) is 32.9 Å². The maximum absolute atomic E-state index is 13.3. The summed E-state index contributed by atoms with van der Waals surface area (Å²) in [4.78, 5) is 13.3. The topological polar surface area (TPSA) is 80.9 Å². The van der Waals surface area contributed by atoms with Crippen molar-refractivity contribution in [3.05, 3.63) is 58.3 Å². The van der Waals surface area contributed by atoms with E-state index < -0.39 is 6.04 Å². The third-order valence-corrected chi connectivity index (χ3v) is 5.23. The lowest BCUT2D eigenvalue weighted by Crippen LogP contribution is -2.45. The third kappa shape index (κ3) is 4.74. The zero-order valence-corrected chi connectivity index (χ0v) is 19.3. The molecule has 8 heteroatoms. The van der Waals surface area contributed by atoms with Gasteiger partial charge in [0.15, 0.2) is 16.6 Å². The Kier molecular flexibility index (Phi) is 6.70. The smallest absolute Gasteiger partial charge is 0.255 e. The molecule has 1 amide bonds. The Morgan fingerprint density at radius 1 is 0.935 bits per heavy atom. The van der Waals surface area contributed by atoms with E-state index in [2.05, 4.69) is 22.0 Å². The predicted molar refractivity (Wildman–Crippen MR) is 125 cm³/mol. The summed E-state index contributed by atoms with van der Waals surface area (Å²) < 4.78 is 16.4. The van der Waals surface area contributed by atoms with Crippen LogP contribution in [0.4, 0.5) is 5.69 Å². The molecule has 0 fully saturated rings. The Balaban J connectivity index is 2.05. The number of amides is 1. The standard InChI is InChI=1S/C23H27N3O4S/c1-12-7-13(2)9-16(8-12)25-22(27)19-14(3)24-23(31)26-20(19)15-10-17(28-4)21(30-6)18(11-15)29-5/h7-11,20H,1-6H3,(H,25,27)(H2,24,26,31)/t20-/m1/s1. The molecule has 0 saturated heterocycles. The van der Waals surface area contributed by atoms with Crippen LogP contribution in [0.2, 0.25) is 0 Å². The fourth-order valence-corrected chi connectivity index (χ4v) is 4.03. The summed E-state index contributed by atoms with van der Waals surface area (Å²) in [5.41, 5.74) is 4.82. The zero-order valence-electron chi connectivity index (χ0n) is 18.5. The van der Waals surface area contributed by atoms with Gasteiger partial charge in [-0.2, -0.15) is 0 Å². The first-order chi connectivity index (χ1) is 14.8. The van der Waals surface area contributed by atoms with E-state index in [1.54, 1.807) is 21.3 Å². The zero-order chi connectivity index (χ0) is 22.7. The molecule has 1 heterocycles. The molecule has 2 aromatic rings. The lowest BCUT2D eigenvalue weighted by Gasteiger charge is -2.31. The normalized spacial score (nSPS) is 15.7. The number of anilines is 1. The first-order valence-corrected chi connectivity index (χ1v) is 10.2. The average molecular weight is 442 g/mol. The molecule has 0 saturated carbocycles. The van der Waals surface area contributed by atoms with Crippen molar-refractivity contribution in [2.24, 2.45) is 0 Å². The van der Waals surface area contributed by atoms with Gasteiger partial charge in [0.2, 0.25) is 5.75 Å². The minimum Gasteiger partial charge on any atom is -0.493 e. The van der Waals surface area contributed by atoms with Gasteiger partial charge >= 0.3 is 0 Å². The van der Waals surface area contributed by atoms with Gasteiger partial charge in [0.1, 0.15) is 0 Å².